The number of piperidine rings is 1. The fourth-order valence-electron chi connectivity index (χ4n) is 3.39. The quantitative estimate of drug-likeness (QED) is 0.692. The second-order valence-corrected chi connectivity index (χ2v) is 9.21. The summed E-state index contributed by atoms with van der Waals surface area (Å²) in [5.74, 6) is -0.215. The van der Waals surface area contributed by atoms with E-state index in [1.807, 2.05) is 18.5 Å². The Morgan fingerprint density at radius 2 is 2.07 bits per heavy atom. The average molecular weight is 425 g/mol. The summed E-state index contributed by atoms with van der Waals surface area (Å²) in [4.78, 5) is 16.3. The van der Waals surface area contributed by atoms with Gasteiger partial charge in [-0.3, -0.25) is 4.79 Å². The van der Waals surface area contributed by atoms with Crippen molar-refractivity contribution in [1.29, 1.82) is 0 Å². The van der Waals surface area contributed by atoms with Gasteiger partial charge < -0.3 is 9.88 Å². The van der Waals surface area contributed by atoms with Gasteiger partial charge in [-0.15, -0.1) is 0 Å². The molecule has 1 aliphatic rings. The largest absolute Gasteiger partial charge is 0.354 e. The molecule has 3 heterocycles. The number of amides is 1. The third-order valence-corrected chi connectivity index (χ3v) is 7.27. The summed E-state index contributed by atoms with van der Waals surface area (Å²) in [6.45, 7) is 4.15. The maximum Gasteiger partial charge on any atom is 0.246 e. The monoisotopic (exact) mass is 424 g/mol. The molecule has 152 valence electrons. The van der Waals surface area contributed by atoms with E-state index in [1.54, 1.807) is 6.07 Å². The second-order valence-electron chi connectivity index (χ2n) is 6.95. The molecular weight excluding hydrogens is 400 g/mol. The number of aromatic nitrogens is 2. The molecule has 0 radical (unpaired) electrons. The fourth-order valence-corrected chi connectivity index (χ4v) is 5.28. The van der Waals surface area contributed by atoms with Gasteiger partial charge in [0, 0.05) is 50.7 Å². The van der Waals surface area contributed by atoms with E-state index in [4.69, 9.17) is 11.6 Å². The summed E-state index contributed by atoms with van der Waals surface area (Å²) >= 11 is 5.95. The van der Waals surface area contributed by atoms with Crippen molar-refractivity contribution in [3.63, 3.8) is 0 Å². The Morgan fingerprint density at radius 1 is 1.32 bits per heavy atom. The number of hydrogen-bond donors (Lipinski definition) is 1. The highest BCUT2D eigenvalue weighted by Crippen LogP contribution is 2.27. The molecule has 1 N–H and O–H groups in total. The summed E-state index contributed by atoms with van der Waals surface area (Å²) in [6.07, 6.45) is 7.54. The Labute approximate surface area is 170 Å². The minimum atomic E-state index is -3.70. The molecule has 9 heteroatoms. The van der Waals surface area contributed by atoms with Crippen molar-refractivity contribution < 1.29 is 13.2 Å². The lowest BCUT2D eigenvalue weighted by Crippen LogP contribution is -2.42. The first-order chi connectivity index (χ1) is 13.4. The maximum atomic E-state index is 12.7. The summed E-state index contributed by atoms with van der Waals surface area (Å²) < 4.78 is 29.0. The Bertz CT molecular complexity index is 921. The number of nitrogens with zero attached hydrogens (tertiary/aromatic N) is 3. The second kappa shape index (κ2) is 9.07. The number of rotatable bonds is 7. The van der Waals surface area contributed by atoms with Crippen LogP contribution < -0.4 is 5.32 Å². The first-order valence-electron chi connectivity index (χ1n) is 9.45. The van der Waals surface area contributed by atoms with E-state index in [2.05, 4.69) is 21.8 Å². The normalized spacial score (nSPS) is 16.2. The number of halogens is 1. The van der Waals surface area contributed by atoms with Crippen LogP contribution in [-0.2, 0) is 27.9 Å². The Balaban J connectivity index is 1.53. The smallest absolute Gasteiger partial charge is 0.246 e. The van der Waals surface area contributed by atoms with Gasteiger partial charge in [-0.1, -0.05) is 18.5 Å². The molecule has 0 bridgehead atoms. The van der Waals surface area contributed by atoms with E-state index in [0.717, 1.165) is 18.5 Å². The van der Waals surface area contributed by atoms with Gasteiger partial charge >= 0.3 is 0 Å². The number of nitrogens with one attached hydrogen (secondary N) is 1. The lowest BCUT2D eigenvalue weighted by molar-refractivity contribution is -0.126. The molecule has 7 nitrogen and oxygen atoms in total. The number of sulfonamides is 1. The molecule has 3 rings (SSSR count). The van der Waals surface area contributed by atoms with Gasteiger partial charge in [-0.25, -0.2) is 13.4 Å². The summed E-state index contributed by atoms with van der Waals surface area (Å²) in [5, 5.41) is 2.94. The highest BCUT2D eigenvalue weighted by Gasteiger charge is 2.33. The zero-order valence-electron chi connectivity index (χ0n) is 15.8. The average Bonchev–Trinajstić information content (AvgIpc) is 3.14. The van der Waals surface area contributed by atoms with Gasteiger partial charge in [0.05, 0.1) is 0 Å². The van der Waals surface area contributed by atoms with Crippen LogP contribution in [0.2, 0.25) is 5.15 Å². The van der Waals surface area contributed by atoms with Crippen LogP contribution in [0.3, 0.4) is 0 Å². The number of carbonyl (C=O) groups is 1. The molecule has 0 unspecified atom stereocenters. The van der Waals surface area contributed by atoms with E-state index in [9.17, 15) is 13.2 Å². The summed E-state index contributed by atoms with van der Waals surface area (Å²) in [7, 11) is -3.70. The van der Waals surface area contributed by atoms with Crippen molar-refractivity contribution in [3.05, 3.63) is 47.5 Å². The SMILES string of the molecule is CCCn1ccc(CNC(=O)C2CCN(S(=O)(=O)c3cccnc3Cl)CC2)c1. The van der Waals surface area contributed by atoms with Crippen LogP contribution in [0.1, 0.15) is 31.7 Å². The van der Waals surface area contributed by atoms with E-state index in [-0.39, 0.29) is 21.9 Å². The first kappa shape index (κ1) is 20.8. The molecule has 28 heavy (non-hydrogen) atoms. The first-order valence-corrected chi connectivity index (χ1v) is 11.3. The van der Waals surface area contributed by atoms with Gasteiger partial charge in [0.15, 0.2) is 0 Å². The molecule has 0 aromatic carbocycles. The van der Waals surface area contributed by atoms with E-state index >= 15 is 0 Å². The standard InChI is InChI=1S/C19H25ClN4O3S/c1-2-9-23-10-5-15(14-23)13-22-19(25)16-6-11-24(12-7-16)28(26,27)17-4-3-8-21-18(17)20/h3-5,8,10,14,16H,2,6-7,9,11-13H2,1H3,(H,22,25). The molecule has 1 fully saturated rings. The van der Waals surface area contributed by atoms with E-state index in [0.29, 0.717) is 32.5 Å². The minimum absolute atomic E-state index is 0.0103. The molecule has 1 saturated heterocycles. The van der Waals surface area contributed by atoms with Crippen LogP contribution in [-0.4, -0.2) is 41.3 Å². The highest BCUT2D eigenvalue weighted by molar-refractivity contribution is 7.89. The Kier molecular flexibility index (Phi) is 6.74. The molecule has 1 aliphatic heterocycles. The summed E-state index contributed by atoms with van der Waals surface area (Å²) in [5.41, 5.74) is 1.06. The van der Waals surface area contributed by atoms with Crippen LogP contribution in [0.4, 0.5) is 0 Å². The lowest BCUT2D eigenvalue weighted by atomic mass is 9.97. The van der Waals surface area contributed by atoms with Gasteiger partial charge in [0.25, 0.3) is 0 Å². The molecule has 2 aromatic heterocycles. The third-order valence-electron chi connectivity index (χ3n) is 4.93. The molecule has 2 aromatic rings. The zero-order valence-corrected chi connectivity index (χ0v) is 17.4. The molecule has 0 atom stereocenters. The fraction of sp³-hybridized carbons (Fsp3) is 0.474. The van der Waals surface area contributed by atoms with Crippen molar-refractivity contribution in [3.8, 4) is 0 Å². The lowest BCUT2D eigenvalue weighted by Gasteiger charge is -2.30. The number of hydrogen-bond acceptors (Lipinski definition) is 4. The van der Waals surface area contributed by atoms with Crippen LogP contribution in [0, 0.1) is 5.92 Å². The molecule has 0 saturated carbocycles. The summed E-state index contributed by atoms with van der Waals surface area (Å²) in [6, 6.07) is 5.00. The van der Waals surface area contributed by atoms with Crippen LogP contribution in [0.25, 0.3) is 0 Å². The molecule has 0 aliphatic carbocycles. The minimum Gasteiger partial charge on any atom is -0.354 e. The molecule has 0 spiro atoms. The van der Waals surface area contributed by atoms with Gasteiger partial charge in [-0.05, 0) is 43.0 Å². The van der Waals surface area contributed by atoms with Crippen molar-refractivity contribution in [2.24, 2.45) is 5.92 Å². The van der Waals surface area contributed by atoms with Gasteiger partial charge in [0.1, 0.15) is 10.0 Å². The molecule has 1 amide bonds. The van der Waals surface area contributed by atoms with E-state index < -0.39 is 10.0 Å². The number of pyridine rings is 1. The van der Waals surface area contributed by atoms with Crippen molar-refractivity contribution >= 4 is 27.5 Å². The van der Waals surface area contributed by atoms with Crippen LogP contribution in [0.5, 0.6) is 0 Å². The van der Waals surface area contributed by atoms with Gasteiger partial charge in [0.2, 0.25) is 15.9 Å². The number of carbonyl (C=O) groups excluding carboxylic acids is 1. The van der Waals surface area contributed by atoms with Crippen molar-refractivity contribution in [2.75, 3.05) is 13.1 Å². The predicted molar refractivity (Wildman–Crippen MR) is 107 cm³/mol. The Hall–Kier alpha value is -1.90. The zero-order chi connectivity index (χ0) is 20.1. The molecular formula is C19H25ClN4O3S. The topological polar surface area (TPSA) is 84.3 Å². The Morgan fingerprint density at radius 3 is 2.75 bits per heavy atom. The maximum absolute atomic E-state index is 12.7. The van der Waals surface area contributed by atoms with Crippen molar-refractivity contribution in [1.82, 2.24) is 19.2 Å². The van der Waals surface area contributed by atoms with Crippen LogP contribution in [0.15, 0.2) is 41.7 Å². The predicted octanol–water partition coefficient (Wildman–Crippen LogP) is 2.66. The van der Waals surface area contributed by atoms with Crippen molar-refractivity contribution in [2.45, 2.75) is 44.2 Å². The van der Waals surface area contributed by atoms with Crippen LogP contribution >= 0.6 is 11.6 Å². The number of aryl methyl sites for hydroxylation is 1. The van der Waals surface area contributed by atoms with Gasteiger partial charge in [-0.2, -0.15) is 4.31 Å². The highest BCUT2D eigenvalue weighted by atomic mass is 35.5. The van der Waals surface area contributed by atoms with E-state index in [1.165, 1.54) is 16.6 Å². The third kappa shape index (κ3) is 4.74.